The van der Waals surface area contributed by atoms with E-state index < -0.39 is 0 Å². The SMILES string of the molecule is CCC(N)(CC)CNC(=O)c1cscc1C.Cl. The minimum atomic E-state index is -0.278. The predicted molar refractivity (Wildman–Crippen MR) is 76.1 cm³/mol. The molecule has 3 nitrogen and oxygen atoms in total. The van der Waals surface area contributed by atoms with Crippen LogP contribution in [0.2, 0.25) is 0 Å². The molecule has 0 fully saturated rings. The monoisotopic (exact) mass is 276 g/mol. The lowest BCUT2D eigenvalue weighted by molar-refractivity contribution is 0.0942. The van der Waals surface area contributed by atoms with Gasteiger partial charge in [-0.25, -0.2) is 0 Å². The Bertz CT molecular complexity index is 361. The van der Waals surface area contributed by atoms with Gasteiger partial charge in [-0.05, 0) is 30.7 Å². The largest absolute Gasteiger partial charge is 0.350 e. The number of carbonyl (C=O) groups is 1. The fraction of sp³-hybridized carbons (Fsp3) is 0.583. The number of aryl methyl sites for hydroxylation is 1. The van der Waals surface area contributed by atoms with Crippen LogP contribution in [-0.4, -0.2) is 18.0 Å². The van der Waals surface area contributed by atoms with Gasteiger partial charge in [-0.2, -0.15) is 11.3 Å². The van der Waals surface area contributed by atoms with E-state index in [9.17, 15) is 4.79 Å². The first-order valence-electron chi connectivity index (χ1n) is 5.62. The van der Waals surface area contributed by atoms with Crippen molar-refractivity contribution >= 4 is 29.7 Å². The normalized spacial score (nSPS) is 10.8. The van der Waals surface area contributed by atoms with Crippen LogP contribution in [0.25, 0.3) is 0 Å². The highest BCUT2D eigenvalue weighted by Crippen LogP contribution is 2.14. The van der Waals surface area contributed by atoms with Crippen LogP contribution in [0.5, 0.6) is 0 Å². The van der Waals surface area contributed by atoms with E-state index in [1.54, 1.807) is 11.3 Å². The molecular formula is C12H21ClN2OS. The number of hydrogen-bond acceptors (Lipinski definition) is 3. The Kier molecular flexibility index (Phi) is 6.75. The summed E-state index contributed by atoms with van der Waals surface area (Å²) in [6.45, 7) is 6.58. The highest BCUT2D eigenvalue weighted by Gasteiger charge is 2.21. The number of nitrogens with two attached hydrogens (primary N) is 1. The summed E-state index contributed by atoms with van der Waals surface area (Å²) in [5, 5.41) is 6.76. The molecule has 1 amide bonds. The summed E-state index contributed by atoms with van der Waals surface area (Å²) in [5.74, 6) is -0.0181. The van der Waals surface area contributed by atoms with E-state index in [0.717, 1.165) is 24.0 Å². The summed E-state index contributed by atoms with van der Waals surface area (Å²) in [6.07, 6.45) is 1.73. The number of hydrogen-bond donors (Lipinski definition) is 2. The van der Waals surface area contributed by atoms with Crippen LogP contribution in [0.3, 0.4) is 0 Å². The number of carbonyl (C=O) groups excluding carboxylic acids is 1. The Morgan fingerprint density at radius 1 is 1.41 bits per heavy atom. The molecule has 1 heterocycles. The average molecular weight is 277 g/mol. The second-order valence-electron chi connectivity index (χ2n) is 4.22. The molecule has 0 saturated heterocycles. The van der Waals surface area contributed by atoms with Gasteiger partial charge in [0.2, 0.25) is 0 Å². The van der Waals surface area contributed by atoms with Gasteiger partial charge < -0.3 is 11.1 Å². The molecule has 0 aliphatic rings. The molecule has 0 bridgehead atoms. The molecule has 0 aliphatic heterocycles. The van der Waals surface area contributed by atoms with Crippen molar-refractivity contribution in [2.45, 2.75) is 39.2 Å². The molecule has 98 valence electrons. The smallest absolute Gasteiger partial charge is 0.252 e. The van der Waals surface area contributed by atoms with Gasteiger partial charge >= 0.3 is 0 Å². The van der Waals surface area contributed by atoms with Crippen molar-refractivity contribution in [1.29, 1.82) is 0 Å². The van der Waals surface area contributed by atoms with E-state index in [2.05, 4.69) is 5.32 Å². The maximum absolute atomic E-state index is 11.8. The standard InChI is InChI=1S/C12H20N2OS.ClH/c1-4-12(13,5-2)8-14-11(15)10-7-16-6-9(10)3;/h6-7H,4-5,8,13H2,1-3H3,(H,14,15);1H. The van der Waals surface area contributed by atoms with Crippen LogP contribution in [0.1, 0.15) is 42.6 Å². The number of halogens is 1. The molecule has 0 atom stereocenters. The number of thiophene rings is 1. The first-order valence-corrected chi connectivity index (χ1v) is 6.56. The van der Waals surface area contributed by atoms with Gasteiger partial charge in [-0.3, -0.25) is 4.79 Å². The predicted octanol–water partition coefficient (Wildman–Crippen LogP) is 2.73. The molecule has 1 aromatic heterocycles. The second kappa shape index (κ2) is 6.99. The molecule has 5 heteroatoms. The zero-order valence-corrected chi connectivity index (χ0v) is 12.2. The molecule has 0 saturated carbocycles. The highest BCUT2D eigenvalue weighted by molar-refractivity contribution is 7.08. The van der Waals surface area contributed by atoms with Crippen molar-refractivity contribution in [3.05, 3.63) is 21.9 Å². The van der Waals surface area contributed by atoms with Crippen molar-refractivity contribution in [1.82, 2.24) is 5.32 Å². The third-order valence-corrected chi connectivity index (χ3v) is 3.97. The van der Waals surface area contributed by atoms with Crippen molar-refractivity contribution < 1.29 is 4.79 Å². The third kappa shape index (κ3) is 4.30. The van der Waals surface area contributed by atoms with Gasteiger partial charge in [0.05, 0.1) is 5.56 Å². The second-order valence-corrected chi connectivity index (χ2v) is 4.96. The Hall–Kier alpha value is -0.580. The lowest BCUT2D eigenvalue weighted by atomic mass is 9.94. The van der Waals surface area contributed by atoms with Crippen LogP contribution < -0.4 is 11.1 Å². The van der Waals surface area contributed by atoms with Gasteiger partial charge in [0.1, 0.15) is 0 Å². The fourth-order valence-electron chi connectivity index (χ4n) is 1.44. The van der Waals surface area contributed by atoms with Crippen molar-refractivity contribution in [2.75, 3.05) is 6.54 Å². The molecule has 3 N–H and O–H groups in total. The van der Waals surface area contributed by atoms with E-state index in [1.807, 2.05) is 31.5 Å². The summed E-state index contributed by atoms with van der Waals surface area (Å²) in [6, 6.07) is 0. The molecule has 1 aromatic rings. The Balaban J connectivity index is 0.00000256. The summed E-state index contributed by atoms with van der Waals surface area (Å²) < 4.78 is 0. The zero-order chi connectivity index (χ0) is 12.2. The third-order valence-electron chi connectivity index (χ3n) is 3.11. The van der Waals surface area contributed by atoms with Crippen molar-refractivity contribution in [2.24, 2.45) is 5.73 Å². The Labute approximate surface area is 113 Å². The maximum atomic E-state index is 11.8. The topological polar surface area (TPSA) is 55.1 Å². The zero-order valence-electron chi connectivity index (χ0n) is 10.6. The molecule has 0 unspecified atom stereocenters. The summed E-state index contributed by atoms with van der Waals surface area (Å²) >= 11 is 1.55. The summed E-state index contributed by atoms with van der Waals surface area (Å²) in [5.41, 5.74) is 7.64. The van der Waals surface area contributed by atoms with E-state index in [4.69, 9.17) is 5.73 Å². The van der Waals surface area contributed by atoms with E-state index in [0.29, 0.717) is 6.54 Å². The van der Waals surface area contributed by atoms with Gasteiger partial charge in [-0.15, -0.1) is 12.4 Å². The lowest BCUT2D eigenvalue weighted by Crippen LogP contribution is -2.49. The molecule has 0 aliphatic carbocycles. The molecule has 0 aromatic carbocycles. The minimum Gasteiger partial charge on any atom is -0.350 e. The number of nitrogens with one attached hydrogen (secondary N) is 1. The highest BCUT2D eigenvalue weighted by atomic mass is 35.5. The quantitative estimate of drug-likeness (QED) is 0.869. The molecule has 17 heavy (non-hydrogen) atoms. The first kappa shape index (κ1) is 16.4. The molecule has 0 spiro atoms. The van der Waals surface area contributed by atoms with Gasteiger partial charge in [-0.1, -0.05) is 13.8 Å². The molecule has 0 radical (unpaired) electrons. The summed E-state index contributed by atoms with van der Waals surface area (Å²) in [7, 11) is 0. The van der Waals surface area contributed by atoms with Crippen LogP contribution in [0, 0.1) is 6.92 Å². The van der Waals surface area contributed by atoms with Crippen LogP contribution >= 0.6 is 23.7 Å². The number of amides is 1. The first-order chi connectivity index (χ1) is 7.52. The van der Waals surface area contributed by atoms with E-state index >= 15 is 0 Å². The van der Waals surface area contributed by atoms with E-state index in [1.165, 1.54) is 0 Å². The minimum absolute atomic E-state index is 0. The maximum Gasteiger partial charge on any atom is 0.252 e. The Morgan fingerprint density at radius 2 is 2.00 bits per heavy atom. The van der Waals surface area contributed by atoms with Gasteiger partial charge in [0.25, 0.3) is 5.91 Å². The van der Waals surface area contributed by atoms with Crippen LogP contribution in [-0.2, 0) is 0 Å². The van der Waals surface area contributed by atoms with Crippen molar-refractivity contribution in [3.8, 4) is 0 Å². The Morgan fingerprint density at radius 3 is 2.41 bits per heavy atom. The van der Waals surface area contributed by atoms with Gasteiger partial charge in [0.15, 0.2) is 0 Å². The van der Waals surface area contributed by atoms with Crippen molar-refractivity contribution in [3.63, 3.8) is 0 Å². The van der Waals surface area contributed by atoms with Crippen LogP contribution in [0.15, 0.2) is 10.8 Å². The fourth-order valence-corrected chi connectivity index (χ4v) is 2.27. The van der Waals surface area contributed by atoms with E-state index in [-0.39, 0.29) is 23.9 Å². The van der Waals surface area contributed by atoms with Crippen LogP contribution in [0.4, 0.5) is 0 Å². The van der Waals surface area contributed by atoms with Gasteiger partial charge in [0, 0.05) is 17.5 Å². The molecule has 1 rings (SSSR count). The number of rotatable bonds is 5. The summed E-state index contributed by atoms with van der Waals surface area (Å²) in [4.78, 5) is 11.8. The average Bonchev–Trinajstić information content (AvgIpc) is 2.72. The molecular weight excluding hydrogens is 256 g/mol. The lowest BCUT2D eigenvalue weighted by Gasteiger charge is -2.26.